The minimum absolute atomic E-state index is 0.422. The number of aromatic nitrogens is 1. The van der Waals surface area contributed by atoms with Crippen molar-refractivity contribution in [1.29, 1.82) is 0 Å². The summed E-state index contributed by atoms with van der Waals surface area (Å²) in [7, 11) is 0. The van der Waals surface area contributed by atoms with Crippen LogP contribution in [0.4, 0.5) is 5.13 Å². The molecule has 2 aromatic carbocycles. The van der Waals surface area contributed by atoms with Crippen LogP contribution in [0.25, 0.3) is 10.2 Å². The van der Waals surface area contributed by atoms with Crippen LogP contribution in [-0.2, 0) is 14.3 Å². The lowest BCUT2D eigenvalue weighted by Gasteiger charge is -2.16. The highest BCUT2D eigenvalue weighted by molar-refractivity contribution is 7.22. The van der Waals surface area contributed by atoms with Crippen molar-refractivity contribution in [1.82, 2.24) is 4.98 Å². The number of hydrogen-bond donors (Lipinski definition) is 1. The zero-order chi connectivity index (χ0) is 18.0. The average molecular weight is 354 g/mol. The van der Waals surface area contributed by atoms with Crippen LogP contribution >= 0.6 is 11.3 Å². The number of amides is 1. The van der Waals surface area contributed by atoms with Gasteiger partial charge in [-0.1, -0.05) is 41.7 Å². The van der Waals surface area contributed by atoms with Gasteiger partial charge in [0.25, 0.3) is 5.91 Å². The molecule has 0 aliphatic heterocycles. The van der Waals surface area contributed by atoms with E-state index < -0.39 is 18.0 Å². The summed E-state index contributed by atoms with van der Waals surface area (Å²) >= 11 is 1.40. The van der Waals surface area contributed by atoms with Crippen molar-refractivity contribution < 1.29 is 14.3 Å². The molecule has 1 aromatic heterocycles. The van der Waals surface area contributed by atoms with Gasteiger partial charge in [0, 0.05) is 12.5 Å². The Bertz CT molecular complexity index is 895. The molecule has 1 N–H and O–H groups in total. The third-order valence-electron chi connectivity index (χ3n) is 3.86. The molecule has 0 aliphatic carbocycles. The molecule has 25 heavy (non-hydrogen) atoms. The third kappa shape index (κ3) is 3.85. The van der Waals surface area contributed by atoms with Gasteiger partial charge in [0.1, 0.15) is 0 Å². The molecule has 6 heteroatoms. The Labute approximate surface area is 149 Å². The summed E-state index contributed by atoms with van der Waals surface area (Å²) in [6, 6.07) is 13.0. The summed E-state index contributed by atoms with van der Waals surface area (Å²) in [5, 5.41) is 3.25. The van der Waals surface area contributed by atoms with E-state index >= 15 is 0 Å². The van der Waals surface area contributed by atoms with Crippen molar-refractivity contribution in [2.45, 2.75) is 26.9 Å². The molecule has 5 nitrogen and oxygen atoms in total. The Morgan fingerprint density at radius 3 is 2.48 bits per heavy atom. The highest BCUT2D eigenvalue weighted by Gasteiger charge is 2.24. The van der Waals surface area contributed by atoms with E-state index in [1.165, 1.54) is 23.8 Å². The first-order valence-corrected chi connectivity index (χ1v) is 8.66. The van der Waals surface area contributed by atoms with Gasteiger partial charge in [0.05, 0.1) is 10.2 Å². The molecule has 0 saturated carbocycles. The molecule has 1 amide bonds. The fraction of sp³-hybridized carbons (Fsp3) is 0.211. The molecule has 0 bridgehead atoms. The van der Waals surface area contributed by atoms with Crippen LogP contribution in [0.2, 0.25) is 0 Å². The van der Waals surface area contributed by atoms with Crippen LogP contribution in [0.5, 0.6) is 0 Å². The number of benzene rings is 2. The van der Waals surface area contributed by atoms with E-state index in [-0.39, 0.29) is 0 Å². The summed E-state index contributed by atoms with van der Waals surface area (Å²) in [5.41, 5.74) is 3.78. The fourth-order valence-corrected chi connectivity index (χ4v) is 3.42. The van der Waals surface area contributed by atoms with Crippen LogP contribution < -0.4 is 5.32 Å². The van der Waals surface area contributed by atoms with Gasteiger partial charge in [-0.25, -0.2) is 4.98 Å². The second-order valence-electron chi connectivity index (χ2n) is 5.81. The zero-order valence-corrected chi connectivity index (χ0v) is 15.0. The van der Waals surface area contributed by atoms with Crippen molar-refractivity contribution >= 4 is 38.6 Å². The number of hydrogen-bond acceptors (Lipinski definition) is 5. The summed E-state index contributed by atoms with van der Waals surface area (Å²) in [6.07, 6.45) is -1.01. The maximum atomic E-state index is 12.6. The van der Waals surface area contributed by atoms with E-state index in [0.29, 0.717) is 10.7 Å². The smallest absolute Gasteiger partial charge is 0.303 e. The van der Waals surface area contributed by atoms with Gasteiger partial charge in [-0.15, -0.1) is 0 Å². The van der Waals surface area contributed by atoms with Gasteiger partial charge in [0.2, 0.25) is 6.10 Å². The fourth-order valence-electron chi connectivity index (χ4n) is 2.47. The lowest BCUT2D eigenvalue weighted by molar-refractivity contribution is -0.152. The van der Waals surface area contributed by atoms with Gasteiger partial charge in [-0.05, 0) is 37.1 Å². The molecule has 0 spiro atoms. The van der Waals surface area contributed by atoms with Crippen molar-refractivity contribution in [2.24, 2.45) is 0 Å². The predicted octanol–water partition coefficient (Wildman–Crippen LogP) is 4.16. The molecule has 128 valence electrons. The summed E-state index contributed by atoms with van der Waals surface area (Å²) in [5.74, 6) is -0.937. The SMILES string of the molecule is CC(=O)O[C@H](C(=O)Nc1nc2cc(C)c(C)cc2s1)c1ccccc1. The number of nitrogens with one attached hydrogen (secondary N) is 1. The number of aryl methyl sites for hydroxylation is 2. The average Bonchev–Trinajstić information content (AvgIpc) is 2.94. The first-order chi connectivity index (χ1) is 11.9. The maximum Gasteiger partial charge on any atom is 0.303 e. The molecule has 0 radical (unpaired) electrons. The zero-order valence-electron chi connectivity index (χ0n) is 14.2. The minimum Gasteiger partial charge on any atom is -0.447 e. The Morgan fingerprint density at radius 1 is 1.12 bits per heavy atom. The lowest BCUT2D eigenvalue weighted by atomic mass is 10.1. The topological polar surface area (TPSA) is 68.3 Å². The van der Waals surface area contributed by atoms with Gasteiger partial charge >= 0.3 is 5.97 Å². The quantitative estimate of drug-likeness (QED) is 0.715. The Kier molecular flexibility index (Phi) is 4.81. The van der Waals surface area contributed by atoms with Gasteiger partial charge in [-0.3, -0.25) is 14.9 Å². The van der Waals surface area contributed by atoms with E-state index in [1.54, 1.807) is 24.3 Å². The number of carbonyl (C=O) groups is 2. The predicted molar refractivity (Wildman–Crippen MR) is 98.7 cm³/mol. The van der Waals surface area contributed by atoms with Crippen LogP contribution in [-0.4, -0.2) is 16.9 Å². The Hall–Kier alpha value is -2.73. The number of ether oxygens (including phenoxy) is 1. The monoisotopic (exact) mass is 354 g/mol. The highest BCUT2D eigenvalue weighted by Crippen LogP contribution is 2.29. The third-order valence-corrected chi connectivity index (χ3v) is 4.79. The van der Waals surface area contributed by atoms with Gasteiger partial charge < -0.3 is 4.74 Å². The largest absolute Gasteiger partial charge is 0.447 e. The molecule has 0 aliphatic rings. The maximum absolute atomic E-state index is 12.6. The lowest BCUT2D eigenvalue weighted by Crippen LogP contribution is -2.25. The number of anilines is 1. The summed E-state index contributed by atoms with van der Waals surface area (Å²) in [4.78, 5) is 28.5. The van der Waals surface area contributed by atoms with Gasteiger partial charge in [-0.2, -0.15) is 0 Å². The Morgan fingerprint density at radius 2 is 1.80 bits per heavy atom. The first kappa shape index (κ1) is 17.1. The van der Waals surface area contributed by atoms with E-state index in [2.05, 4.69) is 16.4 Å². The molecule has 3 aromatic rings. The van der Waals surface area contributed by atoms with Crippen molar-refractivity contribution in [3.63, 3.8) is 0 Å². The molecular weight excluding hydrogens is 336 g/mol. The number of nitrogens with zero attached hydrogens (tertiary/aromatic N) is 1. The van der Waals surface area contributed by atoms with Crippen molar-refractivity contribution in [3.05, 3.63) is 59.2 Å². The number of thiazole rings is 1. The van der Waals surface area contributed by atoms with Crippen LogP contribution in [0.1, 0.15) is 29.7 Å². The second-order valence-corrected chi connectivity index (χ2v) is 6.84. The van der Waals surface area contributed by atoms with Crippen LogP contribution in [0.15, 0.2) is 42.5 Å². The number of esters is 1. The number of carbonyl (C=O) groups excluding carboxylic acids is 2. The number of fused-ring (bicyclic) bond motifs is 1. The molecule has 0 saturated heterocycles. The molecule has 1 atom stereocenters. The molecule has 3 rings (SSSR count). The summed E-state index contributed by atoms with van der Waals surface area (Å²) in [6.45, 7) is 5.35. The van der Waals surface area contributed by atoms with E-state index in [4.69, 9.17) is 4.74 Å². The van der Waals surface area contributed by atoms with Gasteiger partial charge in [0.15, 0.2) is 5.13 Å². The van der Waals surface area contributed by atoms with E-state index in [0.717, 1.165) is 15.8 Å². The molecule has 1 heterocycles. The van der Waals surface area contributed by atoms with Crippen LogP contribution in [0.3, 0.4) is 0 Å². The molecule has 0 fully saturated rings. The van der Waals surface area contributed by atoms with Crippen molar-refractivity contribution in [3.8, 4) is 0 Å². The second kappa shape index (κ2) is 7.03. The molecule has 0 unspecified atom stereocenters. The first-order valence-electron chi connectivity index (χ1n) is 7.85. The number of rotatable bonds is 4. The highest BCUT2D eigenvalue weighted by atomic mass is 32.1. The van der Waals surface area contributed by atoms with Crippen molar-refractivity contribution in [2.75, 3.05) is 5.32 Å². The summed E-state index contributed by atoms with van der Waals surface area (Å²) < 4.78 is 6.21. The van der Waals surface area contributed by atoms with E-state index in [1.807, 2.05) is 26.0 Å². The van der Waals surface area contributed by atoms with Crippen LogP contribution in [0, 0.1) is 13.8 Å². The normalized spacial score (nSPS) is 12.0. The Balaban J connectivity index is 1.87. The molecular formula is C19H18N2O3S. The minimum atomic E-state index is -1.01. The van der Waals surface area contributed by atoms with E-state index in [9.17, 15) is 9.59 Å². The standard InChI is InChI=1S/C19H18N2O3S/c1-11-9-15-16(10-12(11)2)25-19(20-15)21-18(23)17(24-13(3)22)14-7-5-4-6-8-14/h4-10,17H,1-3H3,(H,20,21,23)/t17-/m0/s1.